The SMILES string of the molecule is CC1(CNC(=O)N2CCCC(CCC(=O)O)C2)CCCC1. The van der Waals surface area contributed by atoms with Gasteiger partial charge >= 0.3 is 12.0 Å². The molecule has 2 amide bonds. The van der Waals surface area contributed by atoms with Gasteiger partial charge in [-0.25, -0.2) is 4.79 Å². The summed E-state index contributed by atoms with van der Waals surface area (Å²) in [5, 5.41) is 11.9. The molecular formula is C16H28N2O3. The minimum absolute atomic E-state index is 0.0307. The van der Waals surface area contributed by atoms with Crippen molar-refractivity contribution < 1.29 is 14.7 Å². The van der Waals surface area contributed by atoms with E-state index in [2.05, 4.69) is 12.2 Å². The van der Waals surface area contributed by atoms with Crippen molar-refractivity contribution >= 4 is 12.0 Å². The summed E-state index contributed by atoms with van der Waals surface area (Å²) in [6, 6.07) is 0.0307. The van der Waals surface area contributed by atoms with Crippen molar-refractivity contribution in [3.63, 3.8) is 0 Å². The molecule has 1 saturated heterocycles. The van der Waals surface area contributed by atoms with Crippen LogP contribution in [-0.2, 0) is 4.79 Å². The molecule has 0 aromatic rings. The van der Waals surface area contributed by atoms with Crippen LogP contribution in [0.25, 0.3) is 0 Å². The molecule has 21 heavy (non-hydrogen) atoms. The zero-order chi connectivity index (χ0) is 15.3. The summed E-state index contributed by atoms with van der Waals surface area (Å²) in [6.45, 7) is 4.52. The molecule has 0 bridgehead atoms. The second kappa shape index (κ2) is 7.14. The Kier molecular flexibility index (Phi) is 5.48. The van der Waals surface area contributed by atoms with E-state index in [1.807, 2.05) is 4.90 Å². The predicted octanol–water partition coefficient (Wildman–Crippen LogP) is 2.85. The van der Waals surface area contributed by atoms with Crippen molar-refractivity contribution in [3.8, 4) is 0 Å². The topological polar surface area (TPSA) is 69.6 Å². The van der Waals surface area contributed by atoms with Crippen LogP contribution in [0, 0.1) is 11.3 Å². The average Bonchev–Trinajstić information content (AvgIpc) is 2.90. The fraction of sp³-hybridized carbons (Fsp3) is 0.875. The van der Waals surface area contributed by atoms with Gasteiger partial charge in [-0.3, -0.25) is 4.79 Å². The standard InChI is InChI=1S/C16H28N2O3/c1-16(8-2-3-9-16)12-17-15(21)18-10-4-5-13(11-18)6-7-14(19)20/h13H,2-12H2,1H3,(H,17,21)(H,19,20). The molecule has 2 N–H and O–H groups in total. The Labute approximate surface area is 127 Å². The number of carbonyl (C=O) groups is 2. The molecule has 2 fully saturated rings. The number of urea groups is 1. The van der Waals surface area contributed by atoms with Crippen molar-refractivity contribution in [1.82, 2.24) is 10.2 Å². The van der Waals surface area contributed by atoms with Crippen LogP contribution < -0.4 is 5.32 Å². The molecule has 5 heteroatoms. The molecule has 0 aromatic carbocycles. The smallest absolute Gasteiger partial charge is 0.317 e. The van der Waals surface area contributed by atoms with Crippen LogP contribution in [-0.4, -0.2) is 41.6 Å². The van der Waals surface area contributed by atoms with Gasteiger partial charge in [0.1, 0.15) is 0 Å². The molecule has 1 saturated carbocycles. The lowest BCUT2D eigenvalue weighted by Gasteiger charge is -2.34. The van der Waals surface area contributed by atoms with Gasteiger partial charge in [-0.15, -0.1) is 0 Å². The number of likely N-dealkylation sites (tertiary alicyclic amines) is 1. The number of nitrogens with zero attached hydrogens (tertiary/aromatic N) is 1. The first-order chi connectivity index (χ1) is 9.98. The molecule has 0 radical (unpaired) electrons. The summed E-state index contributed by atoms with van der Waals surface area (Å²) in [7, 11) is 0. The molecule has 1 heterocycles. The third kappa shape index (κ3) is 4.90. The van der Waals surface area contributed by atoms with Gasteiger partial charge in [-0.2, -0.15) is 0 Å². The van der Waals surface area contributed by atoms with Gasteiger partial charge in [-0.1, -0.05) is 19.8 Å². The van der Waals surface area contributed by atoms with E-state index in [9.17, 15) is 9.59 Å². The lowest BCUT2D eigenvalue weighted by Crippen LogP contribution is -2.47. The maximum atomic E-state index is 12.3. The molecule has 2 rings (SSSR count). The number of aliphatic carboxylic acids is 1. The number of carboxylic acid groups (broad SMARTS) is 1. The van der Waals surface area contributed by atoms with Crippen LogP contribution in [0.15, 0.2) is 0 Å². The van der Waals surface area contributed by atoms with Crippen molar-refractivity contribution in [3.05, 3.63) is 0 Å². The maximum absolute atomic E-state index is 12.3. The molecule has 1 unspecified atom stereocenters. The Morgan fingerprint density at radius 3 is 2.67 bits per heavy atom. The quantitative estimate of drug-likeness (QED) is 0.819. The lowest BCUT2D eigenvalue weighted by atomic mass is 9.89. The van der Waals surface area contributed by atoms with Crippen LogP contribution in [0.4, 0.5) is 4.79 Å². The van der Waals surface area contributed by atoms with Gasteiger partial charge in [0.05, 0.1) is 0 Å². The van der Waals surface area contributed by atoms with Crippen LogP contribution in [0.5, 0.6) is 0 Å². The van der Waals surface area contributed by atoms with Gasteiger partial charge in [0.15, 0.2) is 0 Å². The van der Waals surface area contributed by atoms with E-state index in [0.717, 1.165) is 25.9 Å². The van der Waals surface area contributed by atoms with Crippen molar-refractivity contribution in [1.29, 1.82) is 0 Å². The van der Waals surface area contributed by atoms with Crippen LogP contribution >= 0.6 is 0 Å². The number of hydrogen-bond acceptors (Lipinski definition) is 2. The van der Waals surface area contributed by atoms with Gasteiger partial charge in [-0.05, 0) is 43.4 Å². The second-order valence-electron chi connectivity index (χ2n) is 7.06. The van der Waals surface area contributed by atoms with E-state index >= 15 is 0 Å². The first-order valence-corrected chi connectivity index (χ1v) is 8.23. The number of amides is 2. The zero-order valence-electron chi connectivity index (χ0n) is 13.1. The van der Waals surface area contributed by atoms with Crippen LogP contribution in [0.3, 0.4) is 0 Å². The molecule has 5 nitrogen and oxygen atoms in total. The molecule has 0 aromatic heterocycles. The molecule has 0 spiro atoms. The summed E-state index contributed by atoms with van der Waals surface area (Å²) in [6.07, 6.45) is 7.85. The van der Waals surface area contributed by atoms with E-state index in [-0.39, 0.29) is 17.9 Å². The maximum Gasteiger partial charge on any atom is 0.317 e. The largest absolute Gasteiger partial charge is 0.481 e. The number of hydrogen-bond donors (Lipinski definition) is 2. The van der Waals surface area contributed by atoms with Gasteiger partial charge in [0.2, 0.25) is 0 Å². The molecule has 1 atom stereocenters. The van der Waals surface area contributed by atoms with Crippen molar-refractivity contribution in [2.45, 2.75) is 58.3 Å². The van der Waals surface area contributed by atoms with Gasteiger partial charge < -0.3 is 15.3 Å². The highest BCUT2D eigenvalue weighted by atomic mass is 16.4. The third-order valence-corrected chi connectivity index (χ3v) is 5.05. The lowest BCUT2D eigenvalue weighted by molar-refractivity contribution is -0.137. The summed E-state index contributed by atoms with van der Waals surface area (Å²) < 4.78 is 0. The second-order valence-corrected chi connectivity index (χ2v) is 7.06. The Hall–Kier alpha value is -1.26. The molecule has 120 valence electrons. The van der Waals surface area contributed by atoms with E-state index in [4.69, 9.17) is 5.11 Å². The molecular weight excluding hydrogens is 268 g/mol. The Morgan fingerprint density at radius 1 is 1.29 bits per heavy atom. The van der Waals surface area contributed by atoms with Crippen molar-refractivity contribution in [2.24, 2.45) is 11.3 Å². The summed E-state index contributed by atoms with van der Waals surface area (Å²) in [5.74, 6) is -0.409. The highest BCUT2D eigenvalue weighted by molar-refractivity contribution is 5.74. The number of piperidine rings is 1. The van der Waals surface area contributed by atoms with E-state index in [1.165, 1.54) is 25.7 Å². The Bertz CT molecular complexity index is 378. The normalized spacial score (nSPS) is 24.8. The molecule has 1 aliphatic heterocycles. The van der Waals surface area contributed by atoms with E-state index in [0.29, 0.717) is 18.9 Å². The monoisotopic (exact) mass is 296 g/mol. The highest BCUT2D eigenvalue weighted by Gasteiger charge is 2.30. The molecule has 2 aliphatic rings. The van der Waals surface area contributed by atoms with Crippen LogP contribution in [0.2, 0.25) is 0 Å². The summed E-state index contributed by atoms with van der Waals surface area (Å²) in [4.78, 5) is 24.8. The number of rotatable bonds is 5. The minimum atomic E-state index is -0.745. The number of carboxylic acids is 1. The average molecular weight is 296 g/mol. The third-order valence-electron chi connectivity index (χ3n) is 5.05. The Morgan fingerprint density at radius 2 is 2.00 bits per heavy atom. The van der Waals surface area contributed by atoms with E-state index in [1.54, 1.807) is 0 Å². The number of nitrogens with one attached hydrogen (secondary N) is 1. The summed E-state index contributed by atoms with van der Waals surface area (Å²) >= 11 is 0. The minimum Gasteiger partial charge on any atom is -0.481 e. The zero-order valence-corrected chi connectivity index (χ0v) is 13.1. The van der Waals surface area contributed by atoms with Gasteiger partial charge in [0.25, 0.3) is 0 Å². The Balaban J connectivity index is 1.74. The van der Waals surface area contributed by atoms with Crippen molar-refractivity contribution in [2.75, 3.05) is 19.6 Å². The van der Waals surface area contributed by atoms with Gasteiger partial charge in [0, 0.05) is 26.1 Å². The van der Waals surface area contributed by atoms with Crippen LogP contribution in [0.1, 0.15) is 58.3 Å². The highest BCUT2D eigenvalue weighted by Crippen LogP contribution is 2.36. The predicted molar refractivity (Wildman–Crippen MR) is 81.1 cm³/mol. The number of carbonyl (C=O) groups excluding carboxylic acids is 1. The first-order valence-electron chi connectivity index (χ1n) is 8.23. The first kappa shape index (κ1) is 16.1. The summed E-state index contributed by atoms with van der Waals surface area (Å²) in [5.41, 5.74) is 0.272. The fourth-order valence-corrected chi connectivity index (χ4v) is 3.62. The fourth-order valence-electron chi connectivity index (χ4n) is 3.62. The molecule has 1 aliphatic carbocycles. The van der Waals surface area contributed by atoms with E-state index < -0.39 is 5.97 Å².